The van der Waals surface area contributed by atoms with E-state index < -0.39 is 5.60 Å². The van der Waals surface area contributed by atoms with Gasteiger partial charge in [0.15, 0.2) is 5.78 Å². The van der Waals surface area contributed by atoms with Crippen molar-refractivity contribution >= 4 is 5.78 Å². The van der Waals surface area contributed by atoms with Crippen molar-refractivity contribution in [1.29, 1.82) is 0 Å². The van der Waals surface area contributed by atoms with Crippen molar-refractivity contribution in [1.82, 2.24) is 0 Å². The molecule has 98 valence electrons. The fourth-order valence-corrected chi connectivity index (χ4v) is 2.83. The molecule has 0 N–H and O–H groups in total. The second kappa shape index (κ2) is 5.23. The van der Waals surface area contributed by atoms with Gasteiger partial charge in [0, 0.05) is 12.7 Å². The molecule has 2 rings (SSSR count). The lowest BCUT2D eigenvalue weighted by Gasteiger charge is -2.37. The molecule has 1 aromatic carbocycles. The zero-order valence-electron chi connectivity index (χ0n) is 11.5. The fourth-order valence-electron chi connectivity index (χ4n) is 2.83. The standard InChI is InChI=1S/C16H22O2/c1-12-8-10-16(18-3,11-9-12)15(17)14-7-5-4-6-13(14)2/h4-7,12H,8-11H2,1-3H3. The molecule has 2 nitrogen and oxygen atoms in total. The zero-order chi connectivity index (χ0) is 13.2. The van der Waals surface area contributed by atoms with E-state index >= 15 is 0 Å². The zero-order valence-corrected chi connectivity index (χ0v) is 11.5. The van der Waals surface area contributed by atoms with E-state index in [-0.39, 0.29) is 5.78 Å². The van der Waals surface area contributed by atoms with Crippen LogP contribution in [0.2, 0.25) is 0 Å². The van der Waals surface area contributed by atoms with Gasteiger partial charge < -0.3 is 4.74 Å². The van der Waals surface area contributed by atoms with Crippen molar-refractivity contribution in [3.63, 3.8) is 0 Å². The van der Waals surface area contributed by atoms with Gasteiger partial charge in [0.2, 0.25) is 0 Å². The number of Topliss-reactive ketones (excluding diaryl/α,β-unsaturated/α-hetero) is 1. The summed E-state index contributed by atoms with van der Waals surface area (Å²) in [5, 5.41) is 0. The molecule has 0 radical (unpaired) electrons. The molecule has 0 heterocycles. The van der Waals surface area contributed by atoms with Gasteiger partial charge in [-0.3, -0.25) is 4.79 Å². The monoisotopic (exact) mass is 246 g/mol. The predicted molar refractivity (Wildman–Crippen MR) is 72.9 cm³/mol. The van der Waals surface area contributed by atoms with Gasteiger partial charge in [0.1, 0.15) is 5.60 Å². The van der Waals surface area contributed by atoms with Crippen molar-refractivity contribution in [2.45, 2.75) is 45.1 Å². The third-order valence-electron chi connectivity index (χ3n) is 4.28. The summed E-state index contributed by atoms with van der Waals surface area (Å²) in [7, 11) is 1.67. The maximum Gasteiger partial charge on any atom is 0.194 e. The predicted octanol–water partition coefficient (Wildman–Crippen LogP) is 3.77. The van der Waals surface area contributed by atoms with Crippen LogP contribution in [0.1, 0.15) is 48.5 Å². The number of hydrogen-bond acceptors (Lipinski definition) is 2. The number of aryl methyl sites for hydroxylation is 1. The van der Waals surface area contributed by atoms with Gasteiger partial charge in [-0.1, -0.05) is 31.2 Å². The normalized spacial score (nSPS) is 28.1. The second-order valence-corrected chi connectivity index (χ2v) is 5.52. The third kappa shape index (κ3) is 2.35. The Morgan fingerprint density at radius 3 is 2.44 bits per heavy atom. The Hall–Kier alpha value is -1.15. The van der Waals surface area contributed by atoms with Crippen molar-refractivity contribution < 1.29 is 9.53 Å². The van der Waals surface area contributed by atoms with E-state index in [1.807, 2.05) is 31.2 Å². The second-order valence-electron chi connectivity index (χ2n) is 5.52. The molecule has 0 aliphatic heterocycles. The Bertz CT molecular complexity index is 428. The van der Waals surface area contributed by atoms with Crippen LogP contribution in [0.4, 0.5) is 0 Å². The number of benzene rings is 1. The van der Waals surface area contributed by atoms with E-state index in [2.05, 4.69) is 6.92 Å². The number of ketones is 1. The average Bonchev–Trinajstić information content (AvgIpc) is 2.40. The number of carbonyl (C=O) groups excluding carboxylic acids is 1. The number of ether oxygens (including phenoxy) is 1. The average molecular weight is 246 g/mol. The van der Waals surface area contributed by atoms with Gasteiger partial charge in [-0.15, -0.1) is 0 Å². The summed E-state index contributed by atoms with van der Waals surface area (Å²) in [6.07, 6.45) is 3.84. The van der Waals surface area contributed by atoms with Crippen LogP contribution in [0.25, 0.3) is 0 Å². The summed E-state index contributed by atoms with van der Waals surface area (Å²) < 4.78 is 5.65. The largest absolute Gasteiger partial charge is 0.370 e. The van der Waals surface area contributed by atoms with Crippen LogP contribution in [0.5, 0.6) is 0 Å². The number of hydrogen-bond donors (Lipinski definition) is 0. The van der Waals surface area contributed by atoms with Gasteiger partial charge in [-0.25, -0.2) is 0 Å². The molecule has 1 aliphatic carbocycles. The molecule has 2 heteroatoms. The Morgan fingerprint density at radius 2 is 1.89 bits per heavy atom. The van der Waals surface area contributed by atoms with Crippen LogP contribution >= 0.6 is 0 Å². The van der Waals surface area contributed by atoms with E-state index in [1.165, 1.54) is 0 Å². The van der Waals surface area contributed by atoms with Gasteiger partial charge in [-0.2, -0.15) is 0 Å². The summed E-state index contributed by atoms with van der Waals surface area (Å²) in [4.78, 5) is 12.8. The van der Waals surface area contributed by atoms with Crippen LogP contribution in [0.15, 0.2) is 24.3 Å². The summed E-state index contributed by atoms with van der Waals surface area (Å²) in [6.45, 7) is 4.24. The summed E-state index contributed by atoms with van der Waals surface area (Å²) in [6, 6.07) is 7.79. The summed E-state index contributed by atoms with van der Waals surface area (Å²) in [5.41, 5.74) is 1.27. The van der Waals surface area contributed by atoms with Crippen molar-refractivity contribution in [2.24, 2.45) is 5.92 Å². The van der Waals surface area contributed by atoms with E-state index in [0.717, 1.165) is 36.8 Å². The summed E-state index contributed by atoms with van der Waals surface area (Å²) in [5.74, 6) is 0.868. The van der Waals surface area contributed by atoms with Crippen molar-refractivity contribution in [3.05, 3.63) is 35.4 Å². The topological polar surface area (TPSA) is 26.3 Å². The minimum Gasteiger partial charge on any atom is -0.370 e. The third-order valence-corrected chi connectivity index (χ3v) is 4.28. The Labute approximate surface area is 109 Å². The van der Waals surface area contributed by atoms with Gasteiger partial charge in [-0.05, 0) is 44.1 Å². The van der Waals surface area contributed by atoms with Gasteiger partial charge in [0.25, 0.3) is 0 Å². The van der Waals surface area contributed by atoms with Gasteiger partial charge in [0.05, 0.1) is 0 Å². The highest BCUT2D eigenvalue weighted by atomic mass is 16.5. The highest BCUT2D eigenvalue weighted by Crippen LogP contribution is 2.37. The van der Waals surface area contributed by atoms with Crippen LogP contribution in [-0.4, -0.2) is 18.5 Å². The first kappa shape index (κ1) is 13.3. The molecule has 0 bridgehead atoms. The molecule has 0 atom stereocenters. The maximum atomic E-state index is 12.8. The lowest BCUT2D eigenvalue weighted by molar-refractivity contribution is -0.0263. The minimum absolute atomic E-state index is 0.162. The van der Waals surface area contributed by atoms with Crippen LogP contribution < -0.4 is 0 Å². The molecule has 1 aromatic rings. The van der Waals surface area contributed by atoms with Crippen LogP contribution in [-0.2, 0) is 4.74 Å². The Morgan fingerprint density at radius 1 is 1.28 bits per heavy atom. The number of rotatable bonds is 3. The van der Waals surface area contributed by atoms with Crippen LogP contribution in [0, 0.1) is 12.8 Å². The smallest absolute Gasteiger partial charge is 0.194 e. The Kier molecular flexibility index (Phi) is 3.86. The maximum absolute atomic E-state index is 12.8. The number of carbonyl (C=O) groups is 1. The Balaban J connectivity index is 2.28. The molecule has 1 saturated carbocycles. The molecule has 1 fully saturated rings. The fraction of sp³-hybridized carbons (Fsp3) is 0.562. The van der Waals surface area contributed by atoms with Gasteiger partial charge >= 0.3 is 0 Å². The van der Waals surface area contributed by atoms with E-state index in [9.17, 15) is 4.79 Å². The molecule has 0 saturated heterocycles. The quantitative estimate of drug-likeness (QED) is 0.759. The van der Waals surface area contributed by atoms with Crippen LogP contribution in [0.3, 0.4) is 0 Å². The molecule has 0 aromatic heterocycles. The molecular weight excluding hydrogens is 224 g/mol. The van der Waals surface area contributed by atoms with Crippen molar-refractivity contribution in [3.8, 4) is 0 Å². The molecule has 1 aliphatic rings. The van der Waals surface area contributed by atoms with E-state index in [1.54, 1.807) is 7.11 Å². The van der Waals surface area contributed by atoms with E-state index in [4.69, 9.17) is 4.74 Å². The molecule has 0 spiro atoms. The first-order valence-corrected chi connectivity index (χ1v) is 6.74. The first-order valence-electron chi connectivity index (χ1n) is 6.74. The van der Waals surface area contributed by atoms with E-state index in [0.29, 0.717) is 5.92 Å². The molecule has 0 unspecified atom stereocenters. The highest BCUT2D eigenvalue weighted by molar-refractivity contribution is 6.03. The highest BCUT2D eigenvalue weighted by Gasteiger charge is 2.41. The molecule has 18 heavy (non-hydrogen) atoms. The first-order chi connectivity index (χ1) is 8.59. The molecular formula is C16H22O2. The summed E-state index contributed by atoms with van der Waals surface area (Å²) >= 11 is 0. The van der Waals surface area contributed by atoms with Crippen molar-refractivity contribution in [2.75, 3.05) is 7.11 Å². The number of methoxy groups -OCH3 is 1. The lowest BCUT2D eigenvalue weighted by Crippen LogP contribution is -2.44. The minimum atomic E-state index is -0.585. The lowest BCUT2D eigenvalue weighted by atomic mass is 9.75. The SMILES string of the molecule is COC1(C(=O)c2ccccc2C)CCC(C)CC1. The molecule has 0 amide bonds.